The summed E-state index contributed by atoms with van der Waals surface area (Å²) >= 11 is 6.27. The molecule has 2 aromatic heterocycles. The van der Waals surface area contributed by atoms with E-state index in [4.69, 9.17) is 11.6 Å². The molecule has 1 fully saturated rings. The number of hydrogen-bond donors (Lipinski definition) is 2. The Bertz CT molecular complexity index is 997. The maximum Gasteiger partial charge on any atom is 0.190 e. The Balaban J connectivity index is 1.32. The fourth-order valence-corrected chi connectivity index (χ4v) is 4.75. The third kappa shape index (κ3) is 5.38. The largest absolute Gasteiger partial charge is 0.356 e. The molecule has 1 aromatic carbocycles. The lowest BCUT2D eigenvalue weighted by atomic mass is 9.85. The lowest BCUT2D eigenvalue weighted by Gasteiger charge is -2.40. The van der Waals surface area contributed by atoms with Gasteiger partial charge in [-0.3, -0.25) is 9.89 Å². The first-order chi connectivity index (χ1) is 15.1. The van der Waals surface area contributed by atoms with Crippen molar-refractivity contribution >= 4 is 23.2 Å². The molecule has 0 spiro atoms. The topological polar surface area (TPSA) is 57.0 Å². The summed E-state index contributed by atoms with van der Waals surface area (Å²) in [6.07, 6.45) is 7.35. The predicted octanol–water partition coefficient (Wildman–Crippen LogP) is 3.78. The van der Waals surface area contributed by atoms with E-state index in [0.29, 0.717) is 12.0 Å². The SMILES string of the molecule is CN=C(NCCc1cn2ccccc2n1)NCC1CCCN(C)C1c1cccc(Cl)c1. The van der Waals surface area contributed by atoms with E-state index in [9.17, 15) is 0 Å². The normalized spacial score (nSPS) is 20.2. The fraction of sp³-hybridized carbons (Fsp3) is 0.417. The third-order valence-corrected chi connectivity index (χ3v) is 6.28. The average Bonchev–Trinajstić information content (AvgIpc) is 3.19. The molecule has 2 N–H and O–H groups in total. The molecular formula is C24H31ClN6. The smallest absolute Gasteiger partial charge is 0.190 e. The van der Waals surface area contributed by atoms with Crippen LogP contribution in [0.3, 0.4) is 0 Å². The lowest BCUT2D eigenvalue weighted by molar-refractivity contribution is 0.122. The highest BCUT2D eigenvalue weighted by atomic mass is 35.5. The molecule has 0 radical (unpaired) electrons. The molecule has 3 aromatic rings. The van der Waals surface area contributed by atoms with E-state index in [2.05, 4.69) is 55.3 Å². The van der Waals surface area contributed by atoms with Crippen molar-refractivity contribution in [2.45, 2.75) is 25.3 Å². The van der Waals surface area contributed by atoms with Crippen molar-refractivity contribution in [2.24, 2.45) is 10.9 Å². The van der Waals surface area contributed by atoms with Gasteiger partial charge in [0.2, 0.25) is 0 Å². The summed E-state index contributed by atoms with van der Waals surface area (Å²) in [5.74, 6) is 1.33. The number of nitrogens with one attached hydrogen (secondary N) is 2. The molecule has 0 bridgehead atoms. The standard InChI is InChI=1S/C24H31ClN6/c1-26-24(27-12-11-21-17-31-14-4-3-10-22(31)29-21)28-16-19-8-6-13-30(2)23(19)18-7-5-9-20(25)15-18/h3-5,7,9-10,14-15,17,19,23H,6,8,11-13,16H2,1-2H3,(H2,26,27,28). The van der Waals surface area contributed by atoms with Crippen LogP contribution in [0, 0.1) is 5.92 Å². The maximum atomic E-state index is 6.27. The fourth-order valence-electron chi connectivity index (χ4n) is 4.56. The highest BCUT2D eigenvalue weighted by Crippen LogP contribution is 2.35. The van der Waals surface area contributed by atoms with Crippen LogP contribution in [-0.4, -0.2) is 54.0 Å². The van der Waals surface area contributed by atoms with Crippen molar-refractivity contribution in [3.63, 3.8) is 0 Å². The van der Waals surface area contributed by atoms with Crippen LogP contribution in [0.25, 0.3) is 5.65 Å². The molecule has 31 heavy (non-hydrogen) atoms. The molecule has 1 aliphatic rings. The second-order valence-electron chi connectivity index (χ2n) is 8.21. The van der Waals surface area contributed by atoms with Crippen molar-refractivity contribution < 1.29 is 0 Å². The molecule has 7 heteroatoms. The van der Waals surface area contributed by atoms with Gasteiger partial charge in [-0.15, -0.1) is 0 Å². The number of fused-ring (bicyclic) bond motifs is 1. The van der Waals surface area contributed by atoms with Crippen LogP contribution in [-0.2, 0) is 6.42 Å². The number of hydrogen-bond acceptors (Lipinski definition) is 3. The number of pyridine rings is 1. The number of aliphatic imine (C=N–C) groups is 1. The number of imidazole rings is 1. The van der Waals surface area contributed by atoms with Crippen LogP contribution >= 0.6 is 11.6 Å². The van der Waals surface area contributed by atoms with Crippen molar-refractivity contribution in [3.8, 4) is 0 Å². The van der Waals surface area contributed by atoms with Gasteiger partial charge in [-0.1, -0.05) is 29.8 Å². The summed E-state index contributed by atoms with van der Waals surface area (Å²) in [4.78, 5) is 11.5. The Kier molecular flexibility index (Phi) is 7.10. The number of rotatable bonds is 6. The summed E-state index contributed by atoms with van der Waals surface area (Å²) in [6, 6.07) is 14.7. The van der Waals surface area contributed by atoms with E-state index in [-0.39, 0.29) is 0 Å². The van der Waals surface area contributed by atoms with Crippen LogP contribution in [0.15, 0.2) is 59.9 Å². The molecule has 6 nitrogen and oxygen atoms in total. The number of piperidine rings is 1. The first kappa shape index (κ1) is 21.7. The molecular weight excluding hydrogens is 408 g/mol. The van der Waals surface area contributed by atoms with E-state index in [0.717, 1.165) is 48.4 Å². The molecule has 164 valence electrons. The summed E-state index contributed by atoms with van der Waals surface area (Å²) in [5, 5.41) is 7.77. The van der Waals surface area contributed by atoms with Crippen molar-refractivity contribution in [3.05, 3.63) is 71.1 Å². The Labute approximate surface area is 189 Å². The molecule has 1 saturated heterocycles. The number of halogens is 1. The Morgan fingerprint density at radius 2 is 2.13 bits per heavy atom. The lowest BCUT2D eigenvalue weighted by Crippen LogP contribution is -2.45. The van der Waals surface area contributed by atoms with E-state index >= 15 is 0 Å². The quantitative estimate of drug-likeness (QED) is 0.454. The Morgan fingerprint density at radius 1 is 1.23 bits per heavy atom. The van der Waals surface area contributed by atoms with Gasteiger partial charge in [0.25, 0.3) is 0 Å². The summed E-state index contributed by atoms with van der Waals surface area (Å²) < 4.78 is 2.05. The van der Waals surface area contributed by atoms with E-state index < -0.39 is 0 Å². The highest BCUT2D eigenvalue weighted by Gasteiger charge is 2.30. The number of nitrogens with zero attached hydrogens (tertiary/aromatic N) is 4. The van der Waals surface area contributed by atoms with Gasteiger partial charge in [-0.2, -0.15) is 0 Å². The zero-order valence-corrected chi connectivity index (χ0v) is 19.0. The minimum atomic E-state index is 0.357. The van der Waals surface area contributed by atoms with Crippen molar-refractivity contribution in [1.82, 2.24) is 24.9 Å². The van der Waals surface area contributed by atoms with Crippen LogP contribution < -0.4 is 10.6 Å². The molecule has 4 rings (SSSR count). The molecule has 2 unspecified atom stereocenters. The van der Waals surface area contributed by atoms with Crippen LogP contribution in [0.2, 0.25) is 5.02 Å². The summed E-state index contributed by atoms with van der Waals surface area (Å²) in [6.45, 7) is 2.76. The zero-order valence-electron chi connectivity index (χ0n) is 18.3. The molecule has 0 aliphatic carbocycles. The molecule has 1 aliphatic heterocycles. The average molecular weight is 439 g/mol. The second-order valence-corrected chi connectivity index (χ2v) is 8.65. The van der Waals surface area contributed by atoms with Crippen LogP contribution in [0.4, 0.5) is 0 Å². The van der Waals surface area contributed by atoms with Crippen molar-refractivity contribution in [1.29, 1.82) is 0 Å². The minimum absolute atomic E-state index is 0.357. The first-order valence-electron chi connectivity index (χ1n) is 11.0. The maximum absolute atomic E-state index is 6.27. The van der Waals surface area contributed by atoms with Gasteiger partial charge in [-0.05, 0) is 62.2 Å². The van der Waals surface area contributed by atoms with E-state index in [1.807, 2.05) is 43.6 Å². The molecule has 0 saturated carbocycles. The van der Waals surface area contributed by atoms with Gasteiger partial charge in [0.05, 0.1) is 5.69 Å². The third-order valence-electron chi connectivity index (χ3n) is 6.04. The Morgan fingerprint density at radius 3 is 2.94 bits per heavy atom. The van der Waals surface area contributed by atoms with Crippen LogP contribution in [0.1, 0.15) is 30.1 Å². The molecule has 0 amide bonds. The van der Waals surface area contributed by atoms with Gasteiger partial charge < -0.3 is 15.0 Å². The highest BCUT2D eigenvalue weighted by molar-refractivity contribution is 6.30. The summed E-state index contributed by atoms with van der Waals surface area (Å²) in [7, 11) is 4.03. The van der Waals surface area contributed by atoms with E-state index in [1.165, 1.54) is 18.4 Å². The first-order valence-corrected chi connectivity index (χ1v) is 11.3. The number of guanidine groups is 1. The Hall–Kier alpha value is -2.57. The number of benzene rings is 1. The minimum Gasteiger partial charge on any atom is -0.356 e. The predicted molar refractivity (Wildman–Crippen MR) is 128 cm³/mol. The monoisotopic (exact) mass is 438 g/mol. The zero-order chi connectivity index (χ0) is 21.6. The van der Waals surface area contributed by atoms with E-state index in [1.54, 1.807) is 0 Å². The van der Waals surface area contributed by atoms with Crippen LogP contribution in [0.5, 0.6) is 0 Å². The summed E-state index contributed by atoms with van der Waals surface area (Å²) in [5.41, 5.74) is 3.34. The van der Waals surface area contributed by atoms with Crippen molar-refractivity contribution in [2.75, 3.05) is 33.7 Å². The van der Waals surface area contributed by atoms with Gasteiger partial charge in [0.15, 0.2) is 5.96 Å². The van der Waals surface area contributed by atoms with Gasteiger partial charge in [-0.25, -0.2) is 4.98 Å². The number of aromatic nitrogens is 2. The molecule has 2 atom stereocenters. The number of likely N-dealkylation sites (tertiary alicyclic amines) is 1. The van der Waals surface area contributed by atoms with Gasteiger partial charge in [0, 0.05) is 50.0 Å². The van der Waals surface area contributed by atoms with Gasteiger partial charge >= 0.3 is 0 Å². The molecule has 3 heterocycles. The second kappa shape index (κ2) is 10.2. The van der Waals surface area contributed by atoms with Gasteiger partial charge in [0.1, 0.15) is 5.65 Å².